The molecule has 0 bridgehead atoms. The highest BCUT2D eigenvalue weighted by Crippen LogP contribution is 2.42. The molecule has 0 amide bonds. The van der Waals surface area contributed by atoms with Gasteiger partial charge in [-0.05, 0) is 82.0 Å². The molecule has 3 aromatic carbocycles. The maximum absolute atomic E-state index is 11.4. The smallest absolute Gasteiger partial charge is 0.335 e. The Bertz CT molecular complexity index is 1320. The van der Waals surface area contributed by atoms with Gasteiger partial charge in [0.05, 0.1) is 5.56 Å². The van der Waals surface area contributed by atoms with E-state index in [9.17, 15) is 9.90 Å². The van der Waals surface area contributed by atoms with E-state index in [-0.39, 0.29) is 5.41 Å². The molecule has 0 radical (unpaired) electrons. The number of aromatic carboxylic acids is 1. The van der Waals surface area contributed by atoms with Crippen LogP contribution in [0.3, 0.4) is 0 Å². The van der Waals surface area contributed by atoms with E-state index in [0.29, 0.717) is 18.5 Å². The third-order valence-electron chi connectivity index (χ3n) is 6.45. The number of allylic oxidation sites excluding steroid dienone is 1. The largest absolute Gasteiger partial charge is 0.478 e. The van der Waals surface area contributed by atoms with Crippen LogP contribution in [0.25, 0.3) is 5.57 Å². The Morgan fingerprint density at radius 3 is 2.36 bits per heavy atom. The van der Waals surface area contributed by atoms with Gasteiger partial charge >= 0.3 is 5.97 Å². The maximum atomic E-state index is 11.4. The topological polar surface area (TPSA) is 63.3 Å². The molecule has 0 aliphatic heterocycles. The molecular formula is C30H29NO2. The molecule has 4 rings (SSSR count). The molecule has 0 saturated heterocycles. The summed E-state index contributed by atoms with van der Waals surface area (Å²) >= 11 is 0. The van der Waals surface area contributed by atoms with Gasteiger partial charge < -0.3 is 10.8 Å². The number of carboxylic acids is 1. The number of hydrogen-bond acceptors (Lipinski definition) is 2. The molecule has 0 fully saturated rings. The number of rotatable bonds is 4. The first-order chi connectivity index (χ1) is 15.8. The standard InChI is InChI=1S/C30H29NO2/c1-4-22-17-20(11-13-25(22)29(32)33)9-10-21-12-14-28-27(18-21)26(15-16-30(28,2)3)24-8-6-5-7-23(24)19-31/h5-8,11-15,17-18H,4,16,19,31H2,1-3H3,(H,32,33). The first-order valence-corrected chi connectivity index (χ1v) is 11.4. The van der Waals surface area contributed by atoms with Crippen molar-refractivity contribution in [3.8, 4) is 11.8 Å². The zero-order chi connectivity index (χ0) is 23.6. The summed E-state index contributed by atoms with van der Waals surface area (Å²) < 4.78 is 0. The van der Waals surface area contributed by atoms with Gasteiger partial charge in [0.15, 0.2) is 0 Å². The molecule has 166 valence electrons. The van der Waals surface area contributed by atoms with Gasteiger partial charge in [-0.25, -0.2) is 4.79 Å². The SMILES string of the molecule is CCc1cc(C#Cc2ccc3c(c2)C(c2ccccc2CN)=CCC3(C)C)ccc1C(=O)O. The molecule has 3 nitrogen and oxygen atoms in total. The van der Waals surface area contributed by atoms with Gasteiger partial charge in [-0.15, -0.1) is 0 Å². The lowest BCUT2D eigenvalue weighted by molar-refractivity contribution is 0.0695. The van der Waals surface area contributed by atoms with Crippen LogP contribution < -0.4 is 5.73 Å². The average Bonchev–Trinajstić information content (AvgIpc) is 2.82. The van der Waals surface area contributed by atoms with Gasteiger partial charge in [-0.3, -0.25) is 0 Å². The summed E-state index contributed by atoms with van der Waals surface area (Å²) in [5.74, 6) is 5.61. The Labute approximate surface area is 196 Å². The number of carboxylic acid groups (broad SMARTS) is 1. The van der Waals surface area contributed by atoms with Crippen LogP contribution in [0.2, 0.25) is 0 Å². The van der Waals surface area contributed by atoms with E-state index in [0.717, 1.165) is 28.7 Å². The molecular weight excluding hydrogens is 406 g/mol. The van der Waals surface area contributed by atoms with E-state index in [2.05, 4.69) is 68.2 Å². The fourth-order valence-electron chi connectivity index (χ4n) is 4.55. The van der Waals surface area contributed by atoms with Crippen molar-refractivity contribution in [3.05, 3.63) is 111 Å². The van der Waals surface area contributed by atoms with Gasteiger partial charge in [-0.1, -0.05) is 69.0 Å². The fraction of sp³-hybridized carbons (Fsp3) is 0.233. The zero-order valence-corrected chi connectivity index (χ0v) is 19.4. The summed E-state index contributed by atoms with van der Waals surface area (Å²) in [6, 6.07) is 20.1. The second kappa shape index (κ2) is 9.10. The minimum absolute atomic E-state index is 0.0468. The van der Waals surface area contributed by atoms with Crippen LogP contribution in [0.5, 0.6) is 0 Å². The lowest BCUT2D eigenvalue weighted by Crippen LogP contribution is -2.22. The number of hydrogen-bond donors (Lipinski definition) is 2. The van der Waals surface area contributed by atoms with Crippen LogP contribution in [0.1, 0.15) is 76.5 Å². The van der Waals surface area contributed by atoms with E-state index >= 15 is 0 Å². The Kier molecular flexibility index (Phi) is 6.22. The normalized spacial score (nSPS) is 14.0. The summed E-state index contributed by atoms with van der Waals surface area (Å²) in [5, 5.41) is 9.36. The number of aryl methyl sites for hydroxylation is 1. The van der Waals surface area contributed by atoms with Crippen LogP contribution >= 0.6 is 0 Å². The van der Waals surface area contributed by atoms with E-state index in [1.165, 1.54) is 22.3 Å². The third-order valence-corrected chi connectivity index (χ3v) is 6.45. The fourth-order valence-corrected chi connectivity index (χ4v) is 4.55. The summed E-state index contributed by atoms with van der Waals surface area (Å²) in [6.45, 7) is 7.00. The van der Waals surface area contributed by atoms with Crippen molar-refractivity contribution < 1.29 is 9.90 Å². The quantitative estimate of drug-likeness (QED) is 0.500. The molecule has 1 aliphatic carbocycles. The number of fused-ring (bicyclic) bond motifs is 1. The second-order valence-electron chi connectivity index (χ2n) is 9.11. The van der Waals surface area contributed by atoms with Gasteiger partial charge in [-0.2, -0.15) is 0 Å². The molecule has 3 heteroatoms. The monoisotopic (exact) mass is 435 g/mol. The lowest BCUT2D eigenvalue weighted by atomic mass is 9.71. The van der Waals surface area contributed by atoms with Crippen LogP contribution in [0, 0.1) is 11.8 Å². The van der Waals surface area contributed by atoms with Gasteiger partial charge in [0, 0.05) is 17.7 Å². The highest BCUT2D eigenvalue weighted by molar-refractivity contribution is 5.89. The Morgan fingerprint density at radius 2 is 1.67 bits per heavy atom. The summed E-state index contributed by atoms with van der Waals surface area (Å²) in [4.78, 5) is 11.4. The minimum atomic E-state index is -0.902. The maximum Gasteiger partial charge on any atom is 0.335 e. The molecule has 0 spiro atoms. The molecule has 0 heterocycles. The lowest BCUT2D eigenvalue weighted by Gasteiger charge is -2.33. The van der Waals surface area contributed by atoms with Crippen molar-refractivity contribution in [3.63, 3.8) is 0 Å². The van der Waals surface area contributed by atoms with Crippen LogP contribution in [-0.4, -0.2) is 11.1 Å². The highest BCUT2D eigenvalue weighted by atomic mass is 16.4. The average molecular weight is 436 g/mol. The first kappa shape index (κ1) is 22.6. The molecule has 0 saturated carbocycles. The van der Waals surface area contributed by atoms with Crippen molar-refractivity contribution in [2.75, 3.05) is 0 Å². The number of carbonyl (C=O) groups is 1. The predicted octanol–water partition coefficient (Wildman–Crippen LogP) is 5.92. The highest BCUT2D eigenvalue weighted by Gasteiger charge is 2.29. The van der Waals surface area contributed by atoms with Crippen molar-refractivity contribution in [2.24, 2.45) is 5.73 Å². The molecule has 0 unspecified atom stereocenters. The molecule has 0 aromatic heterocycles. The predicted molar refractivity (Wildman–Crippen MR) is 134 cm³/mol. The van der Waals surface area contributed by atoms with Crippen LogP contribution in [0.4, 0.5) is 0 Å². The molecule has 33 heavy (non-hydrogen) atoms. The summed E-state index contributed by atoms with van der Waals surface area (Å²) in [5.41, 5.74) is 15.0. The Hall–Kier alpha value is -3.61. The minimum Gasteiger partial charge on any atom is -0.478 e. The molecule has 3 aromatic rings. The van der Waals surface area contributed by atoms with Crippen molar-refractivity contribution >= 4 is 11.5 Å². The van der Waals surface area contributed by atoms with Gasteiger partial charge in [0.1, 0.15) is 0 Å². The van der Waals surface area contributed by atoms with E-state index < -0.39 is 5.97 Å². The van der Waals surface area contributed by atoms with Gasteiger partial charge in [0.2, 0.25) is 0 Å². The van der Waals surface area contributed by atoms with Crippen molar-refractivity contribution in [1.29, 1.82) is 0 Å². The molecule has 1 aliphatic rings. The van der Waals surface area contributed by atoms with E-state index in [1.54, 1.807) is 12.1 Å². The summed E-state index contributed by atoms with van der Waals surface area (Å²) in [6.07, 6.45) is 3.95. The summed E-state index contributed by atoms with van der Waals surface area (Å²) in [7, 11) is 0. The van der Waals surface area contributed by atoms with E-state index in [4.69, 9.17) is 5.73 Å². The zero-order valence-electron chi connectivity index (χ0n) is 19.4. The first-order valence-electron chi connectivity index (χ1n) is 11.4. The van der Waals surface area contributed by atoms with Crippen LogP contribution in [0.15, 0.2) is 66.7 Å². The molecule has 0 atom stereocenters. The van der Waals surface area contributed by atoms with E-state index in [1.807, 2.05) is 19.1 Å². The molecule has 3 N–H and O–H groups in total. The number of nitrogens with two attached hydrogens (primary N) is 1. The van der Waals surface area contributed by atoms with Gasteiger partial charge in [0.25, 0.3) is 0 Å². The number of benzene rings is 3. The third kappa shape index (κ3) is 4.49. The van der Waals surface area contributed by atoms with Crippen molar-refractivity contribution in [1.82, 2.24) is 0 Å². The Morgan fingerprint density at radius 1 is 0.970 bits per heavy atom. The van der Waals surface area contributed by atoms with Crippen molar-refractivity contribution in [2.45, 2.75) is 45.6 Å². The Balaban J connectivity index is 1.77. The second-order valence-corrected chi connectivity index (χ2v) is 9.11. The van der Waals surface area contributed by atoms with Crippen LogP contribution in [-0.2, 0) is 18.4 Å².